The minimum atomic E-state index is 0.566. The highest BCUT2D eigenvalue weighted by atomic mass is 15.1. The Labute approximate surface area is 173 Å². The lowest BCUT2D eigenvalue weighted by atomic mass is 9.77. The Bertz CT molecular complexity index is 696. The molecule has 2 nitrogen and oxygen atoms in total. The molecule has 28 heavy (non-hydrogen) atoms. The van der Waals surface area contributed by atoms with Crippen LogP contribution in [-0.4, -0.2) is 38.0 Å². The van der Waals surface area contributed by atoms with Crippen LogP contribution in [0.3, 0.4) is 0 Å². The third kappa shape index (κ3) is 5.68. The minimum Gasteiger partial charge on any atom is -0.305 e. The highest BCUT2D eigenvalue weighted by molar-refractivity contribution is 5.38. The molecule has 0 aliphatic heterocycles. The van der Waals surface area contributed by atoms with Crippen LogP contribution in [0.2, 0.25) is 0 Å². The molecule has 0 aromatic heterocycles. The van der Waals surface area contributed by atoms with Gasteiger partial charge in [0.1, 0.15) is 0 Å². The number of rotatable bonds is 9. The van der Waals surface area contributed by atoms with Crippen molar-refractivity contribution in [1.82, 2.24) is 9.80 Å². The van der Waals surface area contributed by atoms with E-state index in [2.05, 4.69) is 102 Å². The molecule has 0 bridgehead atoms. The predicted molar refractivity (Wildman–Crippen MR) is 123 cm³/mol. The quantitative estimate of drug-likeness (QED) is 0.517. The normalized spacial score (nSPS) is 13.9. The number of aryl methyl sites for hydroxylation is 2. The Morgan fingerprint density at radius 3 is 1.25 bits per heavy atom. The van der Waals surface area contributed by atoms with E-state index < -0.39 is 0 Å². The van der Waals surface area contributed by atoms with Crippen LogP contribution in [0.4, 0.5) is 0 Å². The first-order valence-corrected chi connectivity index (χ1v) is 10.7. The smallest absolute Gasteiger partial charge is 0.0230 e. The van der Waals surface area contributed by atoms with E-state index in [1.54, 1.807) is 0 Å². The highest BCUT2D eigenvalue weighted by Gasteiger charge is 2.23. The summed E-state index contributed by atoms with van der Waals surface area (Å²) >= 11 is 0. The van der Waals surface area contributed by atoms with Gasteiger partial charge in [0.25, 0.3) is 0 Å². The van der Waals surface area contributed by atoms with Crippen molar-refractivity contribution in [3.05, 3.63) is 69.8 Å². The van der Waals surface area contributed by atoms with Crippen LogP contribution in [0, 0.1) is 13.8 Å². The van der Waals surface area contributed by atoms with Crippen molar-refractivity contribution in [2.75, 3.05) is 28.2 Å². The summed E-state index contributed by atoms with van der Waals surface area (Å²) in [4.78, 5) is 4.48. The molecule has 154 valence electrons. The summed E-state index contributed by atoms with van der Waals surface area (Å²) in [5, 5.41) is 0. The Hall–Kier alpha value is -1.64. The summed E-state index contributed by atoms with van der Waals surface area (Å²) in [6.07, 6.45) is 2.34. The zero-order valence-electron chi connectivity index (χ0n) is 19.3. The lowest BCUT2D eigenvalue weighted by Crippen LogP contribution is -2.14. The SMILES string of the molecule is CCC(c1ccc(CN(C)C)c(C)c1)C(CC)c1ccc(CN(C)C)c(C)c1. The van der Waals surface area contributed by atoms with Gasteiger partial charge in [-0.3, -0.25) is 0 Å². The largest absolute Gasteiger partial charge is 0.305 e. The molecule has 0 heterocycles. The fourth-order valence-corrected chi connectivity index (χ4v) is 4.44. The molecule has 2 heteroatoms. The van der Waals surface area contributed by atoms with E-state index in [1.165, 1.54) is 46.2 Å². The van der Waals surface area contributed by atoms with Crippen molar-refractivity contribution in [3.8, 4) is 0 Å². The third-order valence-electron chi connectivity index (χ3n) is 5.93. The molecule has 0 saturated carbocycles. The van der Waals surface area contributed by atoms with Gasteiger partial charge in [-0.15, -0.1) is 0 Å². The molecule has 2 rings (SSSR count). The second kappa shape index (κ2) is 10.2. The predicted octanol–water partition coefficient (Wildman–Crippen LogP) is 6.11. The van der Waals surface area contributed by atoms with Crippen LogP contribution in [0.25, 0.3) is 0 Å². The van der Waals surface area contributed by atoms with Crippen molar-refractivity contribution in [1.29, 1.82) is 0 Å². The summed E-state index contributed by atoms with van der Waals surface area (Å²) in [5.74, 6) is 1.13. The maximum atomic E-state index is 2.43. The molecule has 2 aromatic carbocycles. The monoisotopic (exact) mass is 380 g/mol. The Balaban J connectivity index is 2.33. The molecule has 0 saturated heterocycles. The third-order valence-corrected chi connectivity index (χ3v) is 5.93. The van der Waals surface area contributed by atoms with Gasteiger partial charge in [0, 0.05) is 13.1 Å². The topological polar surface area (TPSA) is 6.48 Å². The van der Waals surface area contributed by atoms with Gasteiger partial charge in [-0.2, -0.15) is 0 Å². The second-order valence-corrected chi connectivity index (χ2v) is 8.88. The minimum absolute atomic E-state index is 0.566. The molecular weight excluding hydrogens is 340 g/mol. The molecule has 0 fully saturated rings. The van der Waals surface area contributed by atoms with Crippen molar-refractivity contribution in [2.24, 2.45) is 0 Å². The molecule has 0 aliphatic carbocycles. The average Bonchev–Trinajstić information content (AvgIpc) is 2.62. The molecular formula is C26H40N2. The van der Waals surface area contributed by atoms with Crippen LogP contribution < -0.4 is 0 Å². The van der Waals surface area contributed by atoms with Crippen molar-refractivity contribution in [3.63, 3.8) is 0 Å². The molecule has 2 unspecified atom stereocenters. The van der Waals surface area contributed by atoms with Crippen LogP contribution >= 0.6 is 0 Å². The maximum Gasteiger partial charge on any atom is 0.0230 e. The van der Waals surface area contributed by atoms with Gasteiger partial charge in [0.05, 0.1) is 0 Å². The lowest BCUT2D eigenvalue weighted by molar-refractivity contribution is 0.401. The molecule has 0 amide bonds. The number of hydrogen-bond acceptors (Lipinski definition) is 2. The van der Waals surface area contributed by atoms with E-state index in [1.807, 2.05) is 0 Å². The van der Waals surface area contributed by atoms with Crippen LogP contribution in [-0.2, 0) is 13.1 Å². The second-order valence-electron chi connectivity index (χ2n) is 8.88. The van der Waals surface area contributed by atoms with Crippen LogP contribution in [0.1, 0.15) is 71.9 Å². The van der Waals surface area contributed by atoms with Crippen molar-refractivity contribution in [2.45, 2.75) is 65.5 Å². The van der Waals surface area contributed by atoms with Gasteiger partial charge >= 0.3 is 0 Å². The fourth-order valence-electron chi connectivity index (χ4n) is 4.44. The summed E-state index contributed by atoms with van der Waals surface area (Å²) in [6, 6.07) is 14.3. The summed E-state index contributed by atoms with van der Waals surface area (Å²) in [7, 11) is 8.55. The molecule has 2 aromatic rings. The molecule has 0 N–H and O–H groups in total. The van der Waals surface area contributed by atoms with Gasteiger partial charge in [-0.25, -0.2) is 0 Å². The van der Waals surface area contributed by atoms with E-state index in [0.29, 0.717) is 11.8 Å². The van der Waals surface area contributed by atoms with Crippen LogP contribution in [0.5, 0.6) is 0 Å². The summed E-state index contributed by atoms with van der Waals surface area (Å²) in [5.41, 5.74) is 8.67. The Kier molecular flexibility index (Phi) is 8.27. The van der Waals surface area contributed by atoms with Gasteiger partial charge in [-0.1, -0.05) is 50.2 Å². The summed E-state index contributed by atoms with van der Waals surface area (Å²) < 4.78 is 0. The first-order chi connectivity index (χ1) is 13.3. The van der Waals surface area contributed by atoms with E-state index in [4.69, 9.17) is 0 Å². The average molecular weight is 381 g/mol. The maximum absolute atomic E-state index is 2.43. The van der Waals surface area contributed by atoms with E-state index >= 15 is 0 Å². The van der Waals surface area contributed by atoms with E-state index in [-0.39, 0.29) is 0 Å². The Morgan fingerprint density at radius 1 is 0.643 bits per heavy atom. The molecule has 0 radical (unpaired) electrons. The van der Waals surface area contributed by atoms with Gasteiger partial charge < -0.3 is 9.80 Å². The first kappa shape index (κ1) is 22.6. The van der Waals surface area contributed by atoms with Gasteiger partial charge in [0.15, 0.2) is 0 Å². The van der Waals surface area contributed by atoms with E-state index in [9.17, 15) is 0 Å². The van der Waals surface area contributed by atoms with Crippen molar-refractivity contribution < 1.29 is 0 Å². The van der Waals surface area contributed by atoms with Crippen LogP contribution in [0.15, 0.2) is 36.4 Å². The summed E-state index contributed by atoms with van der Waals surface area (Å²) in [6.45, 7) is 11.2. The standard InChI is InChI=1S/C26H40N2/c1-9-25(21-11-13-23(17-27(5)6)19(3)15-21)26(10-2)22-12-14-24(18-28(7)8)20(4)16-22/h11-16,25-26H,9-10,17-18H2,1-8H3. The fraction of sp³-hybridized carbons (Fsp3) is 0.538. The number of hydrogen-bond donors (Lipinski definition) is 0. The lowest BCUT2D eigenvalue weighted by Gasteiger charge is -2.28. The highest BCUT2D eigenvalue weighted by Crippen LogP contribution is 2.39. The molecule has 0 spiro atoms. The number of benzene rings is 2. The van der Waals surface area contributed by atoms with E-state index in [0.717, 1.165) is 13.1 Å². The Morgan fingerprint density at radius 2 is 1.00 bits per heavy atom. The zero-order chi connectivity index (χ0) is 20.8. The first-order valence-electron chi connectivity index (χ1n) is 10.7. The molecule has 0 aliphatic rings. The van der Waals surface area contributed by atoms with Gasteiger partial charge in [-0.05, 0) is 100 Å². The zero-order valence-corrected chi connectivity index (χ0v) is 19.3. The van der Waals surface area contributed by atoms with Gasteiger partial charge in [0.2, 0.25) is 0 Å². The number of nitrogens with zero attached hydrogens (tertiary/aromatic N) is 2. The van der Waals surface area contributed by atoms with Crippen molar-refractivity contribution >= 4 is 0 Å². The molecule has 2 atom stereocenters.